The standard InChI is InChI=1S/C17H26N4O3/c1-12(2)17(3,10-15(22)23)20-16(24)13-4-8-21(9-5-13)14-11-18-6-7-19-14/h6-7,11-13H,4-5,8-10H2,1-3H3,(H,20,24)(H,22,23). The summed E-state index contributed by atoms with van der Waals surface area (Å²) in [7, 11) is 0. The maximum absolute atomic E-state index is 12.6. The van der Waals surface area contributed by atoms with Crippen molar-refractivity contribution >= 4 is 17.7 Å². The van der Waals surface area contributed by atoms with Crippen molar-refractivity contribution in [1.29, 1.82) is 0 Å². The number of carbonyl (C=O) groups excluding carboxylic acids is 1. The molecule has 7 nitrogen and oxygen atoms in total. The van der Waals surface area contributed by atoms with Crippen LogP contribution >= 0.6 is 0 Å². The summed E-state index contributed by atoms with van der Waals surface area (Å²) >= 11 is 0. The number of carboxylic acid groups (broad SMARTS) is 1. The SMILES string of the molecule is CC(C)C(C)(CC(=O)O)NC(=O)C1CCN(c2cnccn2)CC1. The molecule has 1 aliphatic rings. The zero-order chi connectivity index (χ0) is 17.7. The molecule has 24 heavy (non-hydrogen) atoms. The molecule has 1 fully saturated rings. The fourth-order valence-corrected chi connectivity index (χ4v) is 2.92. The van der Waals surface area contributed by atoms with E-state index >= 15 is 0 Å². The topological polar surface area (TPSA) is 95.4 Å². The molecule has 1 atom stereocenters. The molecule has 0 saturated carbocycles. The molecule has 0 spiro atoms. The molecule has 132 valence electrons. The Kier molecular flexibility index (Phi) is 5.75. The summed E-state index contributed by atoms with van der Waals surface area (Å²) in [5.74, 6) is -0.175. The molecule has 2 heterocycles. The van der Waals surface area contributed by atoms with Gasteiger partial charge in [-0.1, -0.05) is 13.8 Å². The molecule has 0 aromatic carbocycles. The van der Waals surface area contributed by atoms with Crippen molar-refractivity contribution < 1.29 is 14.7 Å². The first kappa shape index (κ1) is 18.2. The average molecular weight is 334 g/mol. The Hall–Kier alpha value is -2.18. The van der Waals surface area contributed by atoms with E-state index < -0.39 is 11.5 Å². The lowest BCUT2D eigenvalue weighted by molar-refractivity contribution is -0.140. The number of carboxylic acids is 1. The molecular formula is C17H26N4O3. The maximum atomic E-state index is 12.6. The van der Waals surface area contributed by atoms with Gasteiger partial charge in [0, 0.05) is 36.9 Å². The third-order valence-corrected chi connectivity index (χ3v) is 4.94. The second-order valence-electron chi connectivity index (χ2n) is 6.96. The lowest BCUT2D eigenvalue weighted by atomic mass is 9.84. The Morgan fingerprint density at radius 3 is 2.54 bits per heavy atom. The van der Waals surface area contributed by atoms with Crippen molar-refractivity contribution in [1.82, 2.24) is 15.3 Å². The first-order chi connectivity index (χ1) is 11.3. The number of aliphatic carboxylic acids is 1. The van der Waals surface area contributed by atoms with Crippen LogP contribution in [0.2, 0.25) is 0 Å². The fraction of sp³-hybridized carbons (Fsp3) is 0.647. The number of amides is 1. The number of rotatable bonds is 6. The van der Waals surface area contributed by atoms with E-state index in [-0.39, 0.29) is 24.2 Å². The second kappa shape index (κ2) is 7.59. The second-order valence-corrected chi connectivity index (χ2v) is 6.96. The van der Waals surface area contributed by atoms with Crippen LogP contribution in [0.15, 0.2) is 18.6 Å². The molecule has 2 rings (SSSR count). The zero-order valence-electron chi connectivity index (χ0n) is 14.5. The Morgan fingerprint density at radius 1 is 1.38 bits per heavy atom. The van der Waals surface area contributed by atoms with Crippen LogP contribution in [0.5, 0.6) is 0 Å². The fourth-order valence-electron chi connectivity index (χ4n) is 2.92. The normalized spacial score (nSPS) is 18.2. The van der Waals surface area contributed by atoms with Crippen molar-refractivity contribution in [3.05, 3.63) is 18.6 Å². The Labute approximate surface area is 142 Å². The van der Waals surface area contributed by atoms with E-state index in [2.05, 4.69) is 20.2 Å². The van der Waals surface area contributed by atoms with Crippen molar-refractivity contribution in [3.63, 3.8) is 0 Å². The molecule has 7 heteroatoms. The van der Waals surface area contributed by atoms with E-state index in [4.69, 9.17) is 5.11 Å². The number of hydrogen-bond donors (Lipinski definition) is 2. The lowest BCUT2D eigenvalue weighted by Crippen LogP contribution is -2.54. The molecule has 0 bridgehead atoms. The summed E-state index contributed by atoms with van der Waals surface area (Å²) in [6.07, 6.45) is 6.40. The van der Waals surface area contributed by atoms with Crippen LogP contribution in [0.3, 0.4) is 0 Å². The summed E-state index contributed by atoms with van der Waals surface area (Å²) in [4.78, 5) is 34.2. The molecule has 1 aromatic rings. The predicted molar refractivity (Wildman–Crippen MR) is 90.6 cm³/mol. The average Bonchev–Trinajstić information content (AvgIpc) is 2.55. The van der Waals surface area contributed by atoms with Crippen LogP contribution < -0.4 is 10.2 Å². The minimum Gasteiger partial charge on any atom is -0.481 e. The van der Waals surface area contributed by atoms with Gasteiger partial charge in [-0.05, 0) is 25.7 Å². The number of hydrogen-bond acceptors (Lipinski definition) is 5. The number of carbonyl (C=O) groups is 2. The van der Waals surface area contributed by atoms with Crippen LogP contribution in [-0.4, -0.2) is 45.6 Å². The van der Waals surface area contributed by atoms with E-state index in [1.54, 1.807) is 25.5 Å². The summed E-state index contributed by atoms with van der Waals surface area (Å²) < 4.78 is 0. The Bertz CT molecular complexity index is 570. The van der Waals surface area contributed by atoms with Gasteiger partial charge < -0.3 is 15.3 Å². The van der Waals surface area contributed by atoms with Gasteiger partial charge in [0.2, 0.25) is 5.91 Å². The number of piperidine rings is 1. The molecule has 1 saturated heterocycles. The third kappa shape index (κ3) is 4.43. The molecule has 0 aliphatic carbocycles. The largest absolute Gasteiger partial charge is 0.481 e. The molecule has 1 amide bonds. The highest BCUT2D eigenvalue weighted by molar-refractivity contribution is 5.81. The first-order valence-corrected chi connectivity index (χ1v) is 8.36. The van der Waals surface area contributed by atoms with Crippen molar-refractivity contribution in [2.45, 2.75) is 45.6 Å². The quantitative estimate of drug-likeness (QED) is 0.822. The summed E-state index contributed by atoms with van der Waals surface area (Å²) in [5, 5.41) is 12.1. The summed E-state index contributed by atoms with van der Waals surface area (Å²) in [6, 6.07) is 0. The zero-order valence-corrected chi connectivity index (χ0v) is 14.5. The molecule has 0 radical (unpaired) electrons. The molecule has 2 N–H and O–H groups in total. The van der Waals surface area contributed by atoms with E-state index in [9.17, 15) is 9.59 Å². The lowest BCUT2D eigenvalue weighted by Gasteiger charge is -2.37. The van der Waals surface area contributed by atoms with Gasteiger partial charge in [-0.25, -0.2) is 4.98 Å². The van der Waals surface area contributed by atoms with E-state index in [0.29, 0.717) is 0 Å². The predicted octanol–water partition coefficient (Wildman–Crippen LogP) is 1.70. The van der Waals surface area contributed by atoms with Crippen molar-refractivity contribution in [3.8, 4) is 0 Å². The number of nitrogens with one attached hydrogen (secondary N) is 1. The van der Waals surface area contributed by atoms with Crippen LogP contribution in [0.25, 0.3) is 0 Å². The van der Waals surface area contributed by atoms with Crippen molar-refractivity contribution in [2.75, 3.05) is 18.0 Å². The van der Waals surface area contributed by atoms with Crippen LogP contribution in [-0.2, 0) is 9.59 Å². The van der Waals surface area contributed by atoms with Crippen LogP contribution in [0.1, 0.15) is 40.0 Å². The van der Waals surface area contributed by atoms with Gasteiger partial charge in [0.05, 0.1) is 12.6 Å². The molecule has 1 unspecified atom stereocenters. The maximum Gasteiger partial charge on any atom is 0.305 e. The third-order valence-electron chi connectivity index (χ3n) is 4.94. The molecular weight excluding hydrogens is 308 g/mol. The van der Waals surface area contributed by atoms with E-state index in [1.807, 2.05) is 13.8 Å². The molecule has 1 aromatic heterocycles. The van der Waals surface area contributed by atoms with E-state index in [1.165, 1.54) is 0 Å². The first-order valence-electron chi connectivity index (χ1n) is 8.36. The smallest absolute Gasteiger partial charge is 0.305 e. The highest BCUT2D eigenvalue weighted by Gasteiger charge is 2.35. The van der Waals surface area contributed by atoms with Gasteiger partial charge in [0.1, 0.15) is 5.82 Å². The van der Waals surface area contributed by atoms with E-state index in [0.717, 1.165) is 31.7 Å². The Morgan fingerprint density at radius 2 is 2.04 bits per heavy atom. The van der Waals surface area contributed by atoms with Gasteiger partial charge in [-0.3, -0.25) is 14.6 Å². The summed E-state index contributed by atoms with van der Waals surface area (Å²) in [6.45, 7) is 7.15. The monoisotopic (exact) mass is 334 g/mol. The number of anilines is 1. The minimum atomic E-state index is -0.899. The van der Waals surface area contributed by atoms with Crippen molar-refractivity contribution in [2.24, 2.45) is 11.8 Å². The Balaban J connectivity index is 1.93. The highest BCUT2D eigenvalue weighted by atomic mass is 16.4. The molecule has 1 aliphatic heterocycles. The minimum absolute atomic E-state index is 0.0391. The van der Waals surface area contributed by atoms with Gasteiger partial charge in [-0.15, -0.1) is 0 Å². The van der Waals surface area contributed by atoms with Gasteiger partial charge in [0.25, 0.3) is 0 Å². The van der Waals surface area contributed by atoms with Gasteiger partial charge in [0.15, 0.2) is 0 Å². The van der Waals surface area contributed by atoms with Crippen LogP contribution in [0.4, 0.5) is 5.82 Å². The summed E-state index contributed by atoms with van der Waals surface area (Å²) in [5.41, 5.74) is -0.731. The number of aromatic nitrogens is 2. The number of nitrogens with zero attached hydrogens (tertiary/aromatic N) is 3. The van der Waals surface area contributed by atoms with Gasteiger partial charge >= 0.3 is 5.97 Å². The van der Waals surface area contributed by atoms with Gasteiger partial charge in [-0.2, -0.15) is 0 Å². The van der Waals surface area contributed by atoms with Crippen LogP contribution in [0, 0.1) is 11.8 Å². The highest BCUT2D eigenvalue weighted by Crippen LogP contribution is 2.25.